The lowest BCUT2D eigenvalue weighted by molar-refractivity contribution is -0.135. The van der Waals surface area contributed by atoms with Crippen molar-refractivity contribution in [3.05, 3.63) is 58.1 Å². The summed E-state index contributed by atoms with van der Waals surface area (Å²) in [4.78, 5) is 41.8. The van der Waals surface area contributed by atoms with Gasteiger partial charge >= 0.3 is 0 Å². The number of hydrogen-bond donors (Lipinski definition) is 2. The highest BCUT2D eigenvalue weighted by Crippen LogP contribution is 2.40. The molecule has 1 saturated heterocycles. The van der Waals surface area contributed by atoms with Gasteiger partial charge in [-0.3, -0.25) is 24.3 Å². The number of benzene rings is 2. The third-order valence-electron chi connectivity index (χ3n) is 6.60. The SMILES string of the molecule is Cc1nc2c(N[S+](=O)([O-])c3cccc4c3OC(C)(C)CC4)cccc2c(=O)n1C1CCC(=O)NC1=O. The number of rotatable bonds is 4. The van der Waals surface area contributed by atoms with Gasteiger partial charge in [-0.25, -0.2) is 9.71 Å². The number of para-hydroxylation sites is 2. The van der Waals surface area contributed by atoms with Crippen molar-refractivity contribution in [3.63, 3.8) is 0 Å². The molecule has 2 amide bonds. The zero-order valence-corrected chi connectivity index (χ0v) is 20.9. The number of aromatic nitrogens is 2. The van der Waals surface area contributed by atoms with Crippen LogP contribution < -0.4 is 20.3 Å². The molecule has 3 heterocycles. The smallest absolute Gasteiger partial charge is 0.262 e. The largest absolute Gasteiger partial charge is 0.588 e. The average molecular weight is 511 g/mol. The van der Waals surface area contributed by atoms with Crippen molar-refractivity contribution in [1.82, 2.24) is 14.9 Å². The van der Waals surface area contributed by atoms with E-state index in [1.54, 1.807) is 19.1 Å². The summed E-state index contributed by atoms with van der Waals surface area (Å²) in [7, 11) is -4.09. The second-order valence-electron chi connectivity index (χ2n) is 9.71. The minimum atomic E-state index is -4.09. The van der Waals surface area contributed by atoms with Crippen LogP contribution >= 0.6 is 0 Å². The molecule has 188 valence electrons. The number of imide groups is 1. The van der Waals surface area contributed by atoms with Crippen LogP contribution in [0.5, 0.6) is 5.75 Å². The van der Waals surface area contributed by atoms with Gasteiger partial charge in [-0.1, -0.05) is 22.4 Å². The first-order valence-corrected chi connectivity index (χ1v) is 13.1. The second-order valence-corrected chi connectivity index (χ2v) is 11.4. The van der Waals surface area contributed by atoms with Gasteiger partial charge in [0.05, 0.1) is 5.39 Å². The molecule has 2 aromatic carbocycles. The minimum absolute atomic E-state index is 0.0124. The molecule has 2 unspecified atom stereocenters. The predicted octanol–water partition coefficient (Wildman–Crippen LogP) is 2.80. The third-order valence-corrected chi connectivity index (χ3v) is 7.99. The number of carbonyl (C=O) groups is 2. The summed E-state index contributed by atoms with van der Waals surface area (Å²) in [6, 6.07) is 8.75. The topological polar surface area (TPSA) is 142 Å². The fourth-order valence-electron chi connectivity index (χ4n) is 4.76. The number of hydrogen-bond acceptors (Lipinski definition) is 7. The van der Waals surface area contributed by atoms with E-state index in [2.05, 4.69) is 15.0 Å². The Bertz CT molecular complexity index is 1530. The van der Waals surface area contributed by atoms with Gasteiger partial charge in [0.2, 0.25) is 16.7 Å². The fraction of sp³-hybridized carbons (Fsp3) is 0.360. The second kappa shape index (κ2) is 8.52. The molecule has 3 aromatic rings. The highest BCUT2D eigenvalue weighted by Gasteiger charge is 2.35. The van der Waals surface area contributed by atoms with E-state index < -0.39 is 33.5 Å². The van der Waals surface area contributed by atoms with Crippen molar-refractivity contribution in [3.8, 4) is 5.75 Å². The van der Waals surface area contributed by atoms with Gasteiger partial charge in [0.25, 0.3) is 5.56 Å². The Morgan fingerprint density at radius 3 is 2.67 bits per heavy atom. The van der Waals surface area contributed by atoms with Crippen molar-refractivity contribution in [1.29, 1.82) is 0 Å². The number of nitrogens with zero attached hydrogens (tertiary/aromatic N) is 2. The molecule has 0 saturated carbocycles. The van der Waals surface area contributed by atoms with Crippen LogP contribution in [0.15, 0.2) is 46.1 Å². The van der Waals surface area contributed by atoms with Crippen LogP contribution in [0, 0.1) is 6.92 Å². The van der Waals surface area contributed by atoms with Crippen molar-refractivity contribution in [2.24, 2.45) is 0 Å². The van der Waals surface area contributed by atoms with Gasteiger partial charge in [-0.2, -0.15) is 0 Å². The monoisotopic (exact) mass is 510 g/mol. The minimum Gasteiger partial charge on any atom is -0.588 e. The van der Waals surface area contributed by atoms with Gasteiger partial charge in [-0.15, -0.1) is 0 Å². The number of sulfonamides is 1. The summed E-state index contributed by atoms with van der Waals surface area (Å²) in [5.41, 5.74) is 0.123. The van der Waals surface area contributed by atoms with Gasteiger partial charge in [0, 0.05) is 6.42 Å². The first-order valence-electron chi connectivity index (χ1n) is 11.7. The summed E-state index contributed by atoms with van der Waals surface area (Å²) in [5.74, 6) is -0.393. The molecule has 2 atom stereocenters. The molecule has 0 radical (unpaired) electrons. The molecule has 0 bridgehead atoms. The number of ether oxygens (including phenoxy) is 1. The van der Waals surface area contributed by atoms with E-state index in [1.165, 1.54) is 22.8 Å². The summed E-state index contributed by atoms with van der Waals surface area (Å²) in [6.07, 6.45) is 1.75. The van der Waals surface area contributed by atoms with Crippen LogP contribution in [-0.4, -0.2) is 31.5 Å². The Hall–Kier alpha value is -3.57. The number of anilines is 1. The number of amides is 2. The maximum atomic E-state index is 13.5. The Balaban J connectivity index is 1.57. The average Bonchev–Trinajstić information content (AvgIpc) is 2.80. The van der Waals surface area contributed by atoms with Gasteiger partial charge < -0.3 is 9.29 Å². The molecule has 10 nitrogen and oxygen atoms in total. The predicted molar refractivity (Wildman–Crippen MR) is 132 cm³/mol. The molecule has 5 rings (SSSR count). The van der Waals surface area contributed by atoms with E-state index in [-0.39, 0.29) is 46.1 Å². The van der Waals surface area contributed by atoms with Gasteiger partial charge in [0.1, 0.15) is 28.7 Å². The van der Waals surface area contributed by atoms with Crippen molar-refractivity contribution in [2.45, 2.75) is 63.0 Å². The van der Waals surface area contributed by atoms with E-state index in [0.29, 0.717) is 12.2 Å². The number of carbonyl (C=O) groups excluding carboxylic acids is 2. The van der Waals surface area contributed by atoms with Crippen LogP contribution in [-0.2, 0) is 30.6 Å². The standard InChI is InChI=1S/C25H26N4O6S/c1-14-26-21-16(24(32)29(14)18-10-11-20(30)27-23(18)31)7-5-8-17(21)28-36(33,34)19-9-4-6-15-12-13-25(2,3)35-22(15)19/h4-9,18H,10-13H2,1-3H3,(H2-,27,28,30,31,33,34). The molecule has 2 aliphatic heterocycles. The lowest BCUT2D eigenvalue weighted by atomic mass is 9.94. The molecule has 0 aliphatic carbocycles. The lowest BCUT2D eigenvalue weighted by Crippen LogP contribution is -2.45. The summed E-state index contributed by atoms with van der Waals surface area (Å²) < 4.78 is 36.9. The summed E-state index contributed by atoms with van der Waals surface area (Å²) in [6.45, 7) is 5.40. The van der Waals surface area contributed by atoms with Gasteiger partial charge in [-0.05, 0) is 63.8 Å². The van der Waals surface area contributed by atoms with E-state index in [9.17, 15) is 23.1 Å². The Morgan fingerprint density at radius 2 is 1.92 bits per heavy atom. The van der Waals surface area contributed by atoms with E-state index >= 15 is 0 Å². The van der Waals surface area contributed by atoms with Crippen LogP contribution in [0.3, 0.4) is 0 Å². The van der Waals surface area contributed by atoms with Crippen molar-refractivity contribution >= 4 is 38.8 Å². The zero-order chi connectivity index (χ0) is 25.8. The first kappa shape index (κ1) is 24.1. The van der Waals surface area contributed by atoms with Crippen LogP contribution in [0.2, 0.25) is 0 Å². The summed E-state index contributed by atoms with van der Waals surface area (Å²) in [5, 5.41) is 2.40. The number of piperidine rings is 1. The molecule has 11 heteroatoms. The molecule has 1 aromatic heterocycles. The fourth-order valence-corrected chi connectivity index (χ4v) is 5.99. The lowest BCUT2D eigenvalue weighted by Gasteiger charge is -2.33. The van der Waals surface area contributed by atoms with Crippen molar-refractivity contribution < 1.29 is 23.1 Å². The summed E-state index contributed by atoms with van der Waals surface area (Å²) >= 11 is 0. The zero-order valence-electron chi connectivity index (χ0n) is 20.1. The number of aryl methyl sites for hydroxylation is 2. The molecule has 2 aliphatic rings. The molecular weight excluding hydrogens is 484 g/mol. The normalized spacial score (nSPS) is 20.7. The highest BCUT2D eigenvalue weighted by atomic mass is 32.3. The number of nitrogens with one attached hydrogen (secondary N) is 2. The molecule has 1 fully saturated rings. The molecule has 0 spiro atoms. The Morgan fingerprint density at radius 1 is 1.17 bits per heavy atom. The van der Waals surface area contributed by atoms with Gasteiger partial charge in [0.15, 0.2) is 16.1 Å². The Labute approximate surface area is 208 Å². The van der Waals surface area contributed by atoms with Crippen LogP contribution in [0.25, 0.3) is 10.9 Å². The first-order chi connectivity index (χ1) is 17.0. The van der Waals surface area contributed by atoms with E-state index in [1.807, 2.05) is 19.9 Å². The van der Waals surface area contributed by atoms with Crippen molar-refractivity contribution in [2.75, 3.05) is 4.72 Å². The molecular formula is C25H26N4O6S. The maximum absolute atomic E-state index is 13.5. The molecule has 2 N–H and O–H groups in total. The van der Waals surface area contributed by atoms with E-state index in [0.717, 1.165) is 12.0 Å². The van der Waals surface area contributed by atoms with E-state index in [4.69, 9.17) is 4.74 Å². The maximum Gasteiger partial charge on any atom is 0.262 e. The quantitative estimate of drug-likeness (QED) is 0.406. The third kappa shape index (κ3) is 4.18. The highest BCUT2D eigenvalue weighted by molar-refractivity contribution is 7.99. The number of fused-ring (bicyclic) bond motifs is 2. The Kier molecular flexibility index (Phi) is 5.72. The van der Waals surface area contributed by atoms with Crippen LogP contribution in [0.1, 0.15) is 50.5 Å². The molecule has 36 heavy (non-hydrogen) atoms. The van der Waals surface area contributed by atoms with Crippen LogP contribution in [0.4, 0.5) is 5.69 Å².